The van der Waals surface area contributed by atoms with Crippen LogP contribution in [-0.2, 0) is 6.42 Å². The number of hydrogen-bond acceptors (Lipinski definition) is 5. The number of hydrogen-bond donors (Lipinski definition) is 2. The van der Waals surface area contributed by atoms with Gasteiger partial charge in [0.2, 0.25) is 5.95 Å². The summed E-state index contributed by atoms with van der Waals surface area (Å²) >= 11 is 0. The topological polar surface area (TPSA) is 76.1 Å². The third-order valence-electron chi connectivity index (χ3n) is 3.88. The van der Waals surface area contributed by atoms with Crippen LogP contribution < -0.4 is 15.4 Å². The maximum absolute atomic E-state index is 12.2. The monoisotopic (exact) mass is 362 g/mol. The highest BCUT2D eigenvalue weighted by molar-refractivity contribution is 5.93. The van der Waals surface area contributed by atoms with Gasteiger partial charge in [0, 0.05) is 24.6 Å². The summed E-state index contributed by atoms with van der Waals surface area (Å²) in [6.45, 7) is 3.14. The fourth-order valence-electron chi connectivity index (χ4n) is 2.51. The van der Waals surface area contributed by atoms with Crippen LogP contribution >= 0.6 is 0 Å². The molecule has 0 atom stereocenters. The Morgan fingerprint density at radius 1 is 1.00 bits per heavy atom. The number of carbonyl (C=O) groups excluding carboxylic acids is 1. The van der Waals surface area contributed by atoms with Gasteiger partial charge in [-0.15, -0.1) is 0 Å². The quantitative estimate of drug-likeness (QED) is 0.640. The van der Waals surface area contributed by atoms with Gasteiger partial charge in [-0.3, -0.25) is 4.79 Å². The largest absolute Gasteiger partial charge is 0.494 e. The summed E-state index contributed by atoms with van der Waals surface area (Å²) in [5.41, 5.74) is 2.46. The van der Waals surface area contributed by atoms with E-state index in [2.05, 4.69) is 20.6 Å². The Kier molecular flexibility index (Phi) is 6.35. The molecule has 1 heterocycles. The molecule has 3 aromatic rings. The normalized spacial score (nSPS) is 10.3. The highest BCUT2D eigenvalue weighted by atomic mass is 16.5. The number of amides is 1. The first-order valence-electron chi connectivity index (χ1n) is 8.88. The molecular formula is C21H22N4O2. The van der Waals surface area contributed by atoms with E-state index in [1.54, 1.807) is 0 Å². The van der Waals surface area contributed by atoms with Gasteiger partial charge < -0.3 is 15.4 Å². The Bertz CT molecular complexity index is 850. The lowest BCUT2D eigenvalue weighted by atomic mass is 10.1. The van der Waals surface area contributed by atoms with Crippen molar-refractivity contribution < 1.29 is 9.53 Å². The van der Waals surface area contributed by atoms with Gasteiger partial charge in [-0.25, -0.2) is 9.97 Å². The lowest BCUT2D eigenvalue weighted by Gasteiger charge is -2.08. The molecule has 138 valence electrons. The van der Waals surface area contributed by atoms with Gasteiger partial charge in [-0.2, -0.15) is 0 Å². The highest BCUT2D eigenvalue weighted by Crippen LogP contribution is 2.18. The third-order valence-corrected chi connectivity index (χ3v) is 3.88. The van der Waals surface area contributed by atoms with E-state index in [0.717, 1.165) is 17.9 Å². The molecule has 0 unspecified atom stereocenters. The van der Waals surface area contributed by atoms with Crippen molar-refractivity contribution in [3.05, 3.63) is 78.1 Å². The van der Waals surface area contributed by atoms with Crippen LogP contribution in [0.25, 0.3) is 0 Å². The van der Waals surface area contributed by atoms with Crippen LogP contribution in [0.3, 0.4) is 0 Å². The molecule has 3 rings (SSSR count). The van der Waals surface area contributed by atoms with Crippen LogP contribution in [0.4, 0.5) is 11.6 Å². The number of nitrogens with one attached hydrogen (secondary N) is 2. The Hall–Kier alpha value is -3.41. The van der Waals surface area contributed by atoms with Gasteiger partial charge in [0.05, 0.1) is 12.2 Å². The second-order valence-corrected chi connectivity index (χ2v) is 5.87. The van der Waals surface area contributed by atoms with Crippen molar-refractivity contribution in [3.63, 3.8) is 0 Å². The minimum Gasteiger partial charge on any atom is -0.494 e. The molecule has 1 amide bonds. The van der Waals surface area contributed by atoms with Crippen LogP contribution in [0.5, 0.6) is 5.75 Å². The molecule has 0 spiro atoms. The zero-order chi connectivity index (χ0) is 18.9. The first-order chi connectivity index (χ1) is 13.2. The van der Waals surface area contributed by atoms with Gasteiger partial charge in [0.1, 0.15) is 5.75 Å². The first-order valence-corrected chi connectivity index (χ1v) is 8.88. The minimum absolute atomic E-state index is 0.182. The molecule has 0 saturated carbocycles. The van der Waals surface area contributed by atoms with Crippen molar-refractivity contribution in [2.75, 3.05) is 18.5 Å². The number of nitrogens with zero attached hydrogens (tertiary/aromatic N) is 2. The predicted octanol–water partition coefficient (Wildman–Crippen LogP) is 3.59. The summed E-state index contributed by atoms with van der Waals surface area (Å²) in [4.78, 5) is 20.6. The summed E-state index contributed by atoms with van der Waals surface area (Å²) < 4.78 is 5.41. The van der Waals surface area contributed by atoms with E-state index in [9.17, 15) is 4.79 Å². The molecule has 2 N–H and O–H groups in total. The van der Waals surface area contributed by atoms with Crippen LogP contribution in [-0.4, -0.2) is 29.0 Å². The third kappa shape index (κ3) is 5.54. The molecule has 1 aromatic heterocycles. The van der Waals surface area contributed by atoms with Crippen LogP contribution in [0, 0.1) is 0 Å². The summed E-state index contributed by atoms with van der Waals surface area (Å²) in [6.07, 6.45) is 3.81. The molecule has 0 aliphatic rings. The molecule has 27 heavy (non-hydrogen) atoms. The maximum atomic E-state index is 12.2. The van der Waals surface area contributed by atoms with Gasteiger partial charge >= 0.3 is 0 Å². The minimum atomic E-state index is -0.182. The fourth-order valence-corrected chi connectivity index (χ4v) is 2.51. The van der Waals surface area contributed by atoms with Crippen molar-refractivity contribution in [2.45, 2.75) is 13.3 Å². The molecule has 0 aliphatic carbocycles. The van der Waals surface area contributed by atoms with E-state index in [4.69, 9.17) is 4.74 Å². The van der Waals surface area contributed by atoms with E-state index in [1.165, 1.54) is 18.0 Å². The fraction of sp³-hybridized carbons (Fsp3) is 0.190. The number of anilines is 2. The highest BCUT2D eigenvalue weighted by Gasteiger charge is 2.07. The molecule has 0 saturated heterocycles. The predicted molar refractivity (Wildman–Crippen MR) is 105 cm³/mol. The van der Waals surface area contributed by atoms with Crippen molar-refractivity contribution in [1.29, 1.82) is 0 Å². The SMILES string of the molecule is CCOc1ccc(Nc2ncc(C(=O)NCCc3ccccc3)cn2)cc1. The van der Waals surface area contributed by atoms with Crippen LogP contribution in [0.15, 0.2) is 67.0 Å². The number of aromatic nitrogens is 2. The van der Waals surface area contributed by atoms with Crippen LogP contribution in [0.1, 0.15) is 22.8 Å². The molecule has 6 nitrogen and oxygen atoms in total. The first kappa shape index (κ1) is 18.4. The summed E-state index contributed by atoms with van der Waals surface area (Å²) in [5, 5.41) is 5.98. The van der Waals surface area contributed by atoms with Crippen LogP contribution in [0.2, 0.25) is 0 Å². The molecule has 2 aromatic carbocycles. The molecule has 0 fully saturated rings. The van der Waals surface area contributed by atoms with Crippen molar-refractivity contribution >= 4 is 17.5 Å². The van der Waals surface area contributed by atoms with Crippen molar-refractivity contribution in [3.8, 4) is 5.75 Å². The van der Waals surface area contributed by atoms with Gasteiger partial charge in [-0.1, -0.05) is 30.3 Å². The number of benzene rings is 2. The van der Waals surface area contributed by atoms with Crippen molar-refractivity contribution in [1.82, 2.24) is 15.3 Å². The Morgan fingerprint density at radius 3 is 2.37 bits per heavy atom. The average molecular weight is 362 g/mol. The van der Waals surface area contributed by atoms with Gasteiger partial charge in [0.25, 0.3) is 5.91 Å². The number of carbonyl (C=O) groups is 1. The van der Waals surface area contributed by atoms with E-state index in [-0.39, 0.29) is 5.91 Å². The van der Waals surface area contributed by atoms with E-state index < -0.39 is 0 Å². The Labute approximate surface area is 158 Å². The zero-order valence-corrected chi connectivity index (χ0v) is 15.2. The standard InChI is InChI=1S/C21H22N4O2/c1-2-27-19-10-8-18(9-11-19)25-21-23-14-17(15-24-21)20(26)22-13-12-16-6-4-3-5-7-16/h3-11,14-15H,2,12-13H2,1H3,(H,22,26)(H,23,24,25). The zero-order valence-electron chi connectivity index (χ0n) is 15.2. The molecule has 0 bridgehead atoms. The molecule has 0 aliphatic heterocycles. The summed E-state index contributed by atoms with van der Waals surface area (Å²) in [5.74, 6) is 1.06. The average Bonchev–Trinajstić information content (AvgIpc) is 2.71. The lowest BCUT2D eigenvalue weighted by Crippen LogP contribution is -2.26. The van der Waals surface area contributed by atoms with E-state index in [0.29, 0.717) is 24.7 Å². The van der Waals surface area contributed by atoms with Crippen molar-refractivity contribution in [2.24, 2.45) is 0 Å². The second-order valence-electron chi connectivity index (χ2n) is 5.87. The maximum Gasteiger partial charge on any atom is 0.254 e. The Balaban J connectivity index is 1.50. The summed E-state index contributed by atoms with van der Waals surface area (Å²) in [6, 6.07) is 17.6. The van der Waals surface area contributed by atoms with Gasteiger partial charge in [-0.05, 0) is 43.2 Å². The second kappa shape index (κ2) is 9.33. The number of ether oxygens (including phenoxy) is 1. The van der Waals surface area contributed by atoms with E-state index >= 15 is 0 Å². The number of rotatable bonds is 8. The summed E-state index contributed by atoms with van der Waals surface area (Å²) in [7, 11) is 0. The smallest absolute Gasteiger partial charge is 0.254 e. The lowest BCUT2D eigenvalue weighted by molar-refractivity contribution is 0.0953. The molecule has 6 heteroatoms. The Morgan fingerprint density at radius 2 is 1.70 bits per heavy atom. The van der Waals surface area contributed by atoms with E-state index in [1.807, 2.05) is 61.5 Å². The van der Waals surface area contributed by atoms with Gasteiger partial charge in [0.15, 0.2) is 0 Å². The molecule has 0 radical (unpaired) electrons. The molecular weight excluding hydrogens is 340 g/mol.